The van der Waals surface area contributed by atoms with Gasteiger partial charge in [0.1, 0.15) is 5.82 Å². The van der Waals surface area contributed by atoms with E-state index in [2.05, 4.69) is 47.5 Å². The highest BCUT2D eigenvalue weighted by Crippen LogP contribution is 2.15. The molecule has 0 amide bonds. The van der Waals surface area contributed by atoms with E-state index in [1.807, 2.05) is 25.6 Å². The number of nitrogens with zero attached hydrogens (tertiary/aromatic N) is 5. The fourth-order valence-electron chi connectivity index (χ4n) is 3.03. The Morgan fingerprint density at radius 2 is 2.16 bits per heavy atom. The third-order valence-electron chi connectivity index (χ3n) is 4.73. The number of piperidine rings is 1. The summed E-state index contributed by atoms with van der Waals surface area (Å²) >= 11 is 1.77. The molecular formula is C17H27N7S. The number of aryl methyl sites for hydroxylation is 1. The first-order valence-corrected chi connectivity index (χ1v) is 9.65. The van der Waals surface area contributed by atoms with Gasteiger partial charge in [-0.15, -0.1) is 10.2 Å². The molecule has 2 aromatic rings. The Balaban J connectivity index is 1.43. The molecule has 1 fully saturated rings. The third kappa shape index (κ3) is 4.79. The van der Waals surface area contributed by atoms with E-state index in [0.717, 1.165) is 50.1 Å². The van der Waals surface area contributed by atoms with E-state index in [9.17, 15) is 0 Å². The molecule has 7 nitrogen and oxygen atoms in total. The van der Waals surface area contributed by atoms with Gasteiger partial charge < -0.3 is 15.2 Å². The number of hydrogen-bond acceptors (Lipinski definition) is 5. The van der Waals surface area contributed by atoms with Crippen molar-refractivity contribution in [2.45, 2.75) is 38.9 Å². The normalized spacial score (nSPS) is 17.0. The summed E-state index contributed by atoms with van der Waals surface area (Å²) in [5, 5.41) is 19.5. The average molecular weight is 362 g/mol. The van der Waals surface area contributed by atoms with Crippen molar-refractivity contribution in [3.63, 3.8) is 0 Å². The summed E-state index contributed by atoms with van der Waals surface area (Å²) in [6.07, 6.45) is 2.27. The molecule has 1 aliphatic rings. The van der Waals surface area contributed by atoms with Crippen molar-refractivity contribution in [2.75, 3.05) is 20.1 Å². The fraction of sp³-hybridized carbons (Fsp3) is 0.588. The summed E-state index contributed by atoms with van der Waals surface area (Å²) in [4.78, 5) is 6.86. The molecule has 25 heavy (non-hydrogen) atoms. The molecule has 3 rings (SSSR count). The lowest BCUT2D eigenvalue weighted by molar-refractivity contribution is 0.198. The van der Waals surface area contributed by atoms with Gasteiger partial charge in [0.05, 0.1) is 6.54 Å². The predicted octanol–water partition coefficient (Wildman–Crippen LogP) is 1.51. The molecule has 0 aromatic carbocycles. The van der Waals surface area contributed by atoms with E-state index >= 15 is 0 Å². The molecule has 0 aliphatic carbocycles. The maximum Gasteiger partial charge on any atom is 0.191 e. The van der Waals surface area contributed by atoms with Gasteiger partial charge in [-0.25, -0.2) is 0 Å². The molecule has 1 saturated heterocycles. The van der Waals surface area contributed by atoms with E-state index in [1.165, 1.54) is 5.56 Å². The van der Waals surface area contributed by atoms with Crippen LogP contribution < -0.4 is 10.6 Å². The van der Waals surface area contributed by atoms with E-state index in [-0.39, 0.29) is 0 Å². The molecule has 0 spiro atoms. The molecule has 0 atom stereocenters. The Morgan fingerprint density at radius 1 is 1.36 bits per heavy atom. The fourth-order valence-corrected chi connectivity index (χ4v) is 3.69. The summed E-state index contributed by atoms with van der Waals surface area (Å²) in [7, 11) is 3.79. The number of guanidine groups is 1. The zero-order valence-corrected chi connectivity index (χ0v) is 16.0. The SMILES string of the molecule is CN=C(NCc1nnc(C)n1C)NC1CCN(Cc2ccsc2)CC1. The summed E-state index contributed by atoms with van der Waals surface area (Å²) in [5.41, 5.74) is 1.42. The lowest BCUT2D eigenvalue weighted by Crippen LogP contribution is -2.48. The number of thiophene rings is 1. The number of rotatable bonds is 5. The van der Waals surface area contributed by atoms with Gasteiger partial charge in [-0.1, -0.05) is 0 Å². The van der Waals surface area contributed by atoms with Gasteiger partial charge in [-0.3, -0.25) is 9.89 Å². The smallest absolute Gasteiger partial charge is 0.191 e. The maximum absolute atomic E-state index is 4.34. The van der Waals surface area contributed by atoms with Crippen LogP contribution in [0.2, 0.25) is 0 Å². The highest BCUT2D eigenvalue weighted by Gasteiger charge is 2.20. The van der Waals surface area contributed by atoms with Gasteiger partial charge in [0, 0.05) is 39.8 Å². The van der Waals surface area contributed by atoms with Crippen molar-refractivity contribution in [1.29, 1.82) is 0 Å². The summed E-state index contributed by atoms with van der Waals surface area (Å²) in [6, 6.07) is 2.68. The molecule has 2 aromatic heterocycles. The Labute approximate surface area is 153 Å². The maximum atomic E-state index is 4.34. The molecule has 2 N–H and O–H groups in total. The monoisotopic (exact) mass is 361 g/mol. The molecule has 0 saturated carbocycles. The van der Waals surface area contributed by atoms with E-state index < -0.39 is 0 Å². The lowest BCUT2D eigenvalue weighted by Gasteiger charge is -2.32. The van der Waals surface area contributed by atoms with Gasteiger partial charge in [0.2, 0.25) is 0 Å². The number of aromatic nitrogens is 3. The van der Waals surface area contributed by atoms with Crippen LogP contribution in [-0.2, 0) is 20.1 Å². The van der Waals surface area contributed by atoms with Gasteiger partial charge >= 0.3 is 0 Å². The van der Waals surface area contributed by atoms with E-state index in [1.54, 1.807) is 11.3 Å². The zero-order chi connectivity index (χ0) is 17.6. The Bertz CT molecular complexity index is 684. The van der Waals surface area contributed by atoms with Crippen molar-refractivity contribution in [3.8, 4) is 0 Å². The number of aliphatic imine (C=N–C) groups is 1. The third-order valence-corrected chi connectivity index (χ3v) is 5.47. The standard InChI is InChI=1S/C17H27N7S/c1-13-21-22-16(23(13)3)10-19-17(18-2)20-15-4-7-24(8-5-15)11-14-6-9-25-12-14/h6,9,12,15H,4-5,7-8,10-11H2,1-3H3,(H2,18,19,20). The van der Waals surface area contributed by atoms with Crippen LogP contribution in [0.25, 0.3) is 0 Å². The molecule has 136 valence electrons. The van der Waals surface area contributed by atoms with Gasteiger partial charge in [0.15, 0.2) is 11.8 Å². The summed E-state index contributed by atoms with van der Waals surface area (Å²) in [6.45, 7) is 5.87. The molecule has 0 radical (unpaired) electrons. The summed E-state index contributed by atoms with van der Waals surface area (Å²) < 4.78 is 1.99. The number of nitrogens with one attached hydrogen (secondary N) is 2. The minimum atomic E-state index is 0.464. The topological polar surface area (TPSA) is 70.4 Å². The Kier molecular flexibility index (Phi) is 6.04. The minimum Gasteiger partial charge on any atom is -0.354 e. The molecule has 1 aliphatic heterocycles. The van der Waals surface area contributed by atoms with Crippen LogP contribution >= 0.6 is 11.3 Å². The van der Waals surface area contributed by atoms with Crippen LogP contribution in [0, 0.1) is 6.92 Å². The van der Waals surface area contributed by atoms with Crippen LogP contribution in [0.5, 0.6) is 0 Å². The van der Waals surface area contributed by atoms with Crippen molar-refractivity contribution in [3.05, 3.63) is 34.0 Å². The molecule has 8 heteroatoms. The predicted molar refractivity (Wildman–Crippen MR) is 102 cm³/mol. The molecule has 3 heterocycles. The second-order valence-electron chi connectivity index (χ2n) is 6.47. The van der Waals surface area contributed by atoms with Crippen molar-refractivity contribution >= 4 is 17.3 Å². The first kappa shape index (κ1) is 17.9. The highest BCUT2D eigenvalue weighted by molar-refractivity contribution is 7.07. The molecule has 0 unspecified atom stereocenters. The van der Waals surface area contributed by atoms with Gasteiger partial charge in [-0.2, -0.15) is 11.3 Å². The van der Waals surface area contributed by atoms with Gasteiger partial charge in [-0.05, 0) is 42.2 Å². The first-order valence-electron chi connectivity index (χ1n) is 8.71. The van der Waals surface area contributed by atoms with Crippen LogP contribution in [0.15, 0.2) is 21.8 Å². The first-order chi connectivity index (χ1) is 12.2. The molecule has 0 bridgehead atoms. The second-order valence-corrected chi connectivity index (χ2v) is 7.25. The van der Waals surface area contributed by atoms with Gasteiger partial charge in [0.25, 0.3) is 0 Å². The number of hydrogen-bond donors (Lipinski definition) is 2. The average Bonchev–Trinajstić information content (AvgIpc) is 3.24. The van der Waals surface area contributed by atoms with Crippen LogP contribution in [0.1, 0.15) is 30.1 Å². The van der Waals surface area contributed by atoms with Crippen LogP contribution in [-0.4, -0.2) is 51.8 Å². The second kappa shape index (κ2) is 8.44. The highest BCUT2D eigenvalue weighted by atomic mass is 32.1. The van der Waals surface area contributed by atoms with E-state index in [4.69, 9.17) is 0 Å². The molecular weight excluding hydrogens is 334 g/mol. The number of likely N-dealkylation sites (tertiary alicyclic amines) is 1. The lowest BCUT2D eigenvalue weighted by atomic mass is 10.0. The van der Waals surface area contributed by atoms with Crippen molar-refractivity contribution < 1.29 is 0 Å². The largest absolute Gasteiger partial charge is 0.354 e. The zero-order valence-electron chi connectivity index (χ0n) is 15.2. The van der Waals surface area contributed by atoms with E-state index in [0.29, 0.717) is 12.6 Å². The quantitative estimate of drug-likeness (QED) is 0.624. The van der Waals surface area contributed by atoms with Crippen molar-refractivity contribution in [1.82, 2.24) is 30.3 Å². The Hall–Kier alpha value is -1.93. The summed E-state index contributed by atoms with van der Waals surface area (Å²) in [5.74, 6) is 2.65. The van der Waals surface area contributed by atoms with Crippen LogP contribution in [0.4, 0.5) is 0 Å². The van der Waals surface area contributed by atoms with Crippen molar-refractivity contribution in [2.24, 2.45) is 12.0 Å². The van der Waals surface area contributed by atoms with Crippen LogP contribution in [0.3, 0.4) is 0 Å². The Morgan fingerprint density at radius 3 is 2.76 bits per heavy atom. The minimum absolute atomic E-state index is 0.464.